The van der Waals surface area contributed by atoms with Crippen LogP contribution in [0.25, 0.3) is 11.5 Å². The predicted octanol–water partition coefficient (Wildman–Crippen LogP) is 4.53. The van der Waals surface area contributed by atoms with Crippen LogP contribution in [-0.4, -0.2) is 55.1 Å². The van der Waals surface area contributed by atoms with Crippen molar-refractivity contribution in [2.24, 2.45) is 0 Å². The van der Waals surface area contributed by atoms with Crippen LogP contribution in [0.15, 0.2) is 52.9 Å². The van der Waals surface area contributed by atoms with Crippen molar-refractivity contribution in [3.63, 3.8) is 0 Å². The van der Waals surface area contributed by atoms with Gasteiger partial charge < -0.3 is 14.6 Å². The van der Waals surface area contributed by atoms with Crippen molar-refractivity contribution in [1.29, 1.82) is 0 Å². The molecule has 6 heteroatoms. The standard InChI is InChI=1S/C28H36N4O2/c1-21-8-6-10-24(20-21)32-18-16-31(17-19-32)15-14-29-27(33)13-7-12-26-23(3)34-28(30-26)25-11-5-4-9-22(25)2/h4-6,8-11,20H,7,12-19H2,1-3H3,(H,29,33). The van der Waals surface area contributed by atoms with Crippen LogP contribution in [0.5, 0.6) is 0 Å². The molecule has 1 aromatic heterocycles. The largest absolute Gasteiger partial charge is 0.441 e. The van der Waals surface area contributed by atoms with Gasteiger partial charge in [-0.3, -0.25) is 9.69 Å². The Kier molecular flexibility index (Phi) is 8.01. The van der Waals surface area contributed by atoms with E-state index >= 15 is 0 Å². The molecule has 1 N–H and O–H groups in total. The molecule has 3 aromatic rings. The molecule has 0 aliphatic carbocycles. The van der Waals surface area contributed by atoms with Gasteiger partial charge in [-0.15, -0.1) is 0 Å². The van der Waals surface area contributed by atoms with E-state index in [1.807, 2.05) is 25.1 Å². The molecular formula is C28H36N4O2. The van der Waals surface area contributed by atoms with E-state index in [1.54, 1.807) is 0 Å². The van der Waals surface area contributed by atoms with Crippen LogP contribution in [0.4, 0.5) is 5.69 Å². The van der Waals surface area contributed by atoms with Crippen LogP contribution in [0.2, 0.25) is 0 Å². The topological polar surface area (TPSA) is 61.6 Å². The minimum Gasteiger partial charge on any atom is -0.441 e. The molecule has 2 heterocycles. The van der Waals surface area contributed by atoms with Crippen LogP contribution in [0.1, 0.15) is 35.4 Å². The number of amides is 1. The number of hydrogen-bond acceptors (Lipinski definition) is 5. The zero-order valence-electron chi connectivity index (χ0n) is 20.6. The van der Waals surface area contributed by atoms with E-state index in [0.717, 1.165) is 68.1 Å². The monoisotopic (exact) mass is 460 g/mol. The summed E-state index contributed by atoms with van der Waals surface area (Å²) in [7, 11) is 0. The molecule has 4 rings (SSSR count). The van der Waals surface area contributed by atoms with Crippen molar-refractivity contribution in [1.82, 2.24) is 15.2 Å². The van der Waals surface area contributed by atoms with Gasteiger partial charge in [0.2, 0.25) is 11.8 Å². The average Bonchev–Trinajstić information content (AvgIpc) is 3.20. The first-order valence-corrected chi connectivity index (χ1v) is 12.3. The Hall–Kier alpha value is -3.12. The van der Waals surface area contributed by atoms with E-state index < -0.39 is 0 Å². The maximum Gasteiger partial charge on any atom is 0.226 e. The number of carbonyl (C=O) groups excluding carboxylic acids is 1. The first kappa shape index (κ1) is 24.0. The van der Waals surface area contributed by atoms with Crippen molar-refractivity contribution < 1.29 is 9.21 Å². The van der Waals surface area contributed by atoms with Crippen molar-refractivity contribution in [2.45, 2.75) is 40.0 Å². The Morgan fingerprint density at radius 1 is 1.03 bits per heavy atom. The first-order valence-electron chi connectivity index (χ1n) is 12.3. The normalized spacial score (nSPS) is 14.4. The molecular weight excluding hydrogens is 424 g/mol. The number of anilines is 1. The van der Waals surface area contributed by atoms with Gasteiger partial charge in [-0.25, -0.2) is 4.98 Å². The highest BCUT2D eigenvalue weighted by atomic mass is 16.4. The summed E-state index contributed by atoms with van der Waals surface area (Å²) in [4.78, 5) is 21.9. The second-order valence-electron chi connectivity index (χ2n) is 9.21. The van der Waals surface area contributed by atoms with Crippen molar-refractivity contribution in [2.75, 3.05) is 44.2 Å². The minimum absolute atomic E-state index is 0.110. The molecule has 6 nitrogen and oxygen atoms in total. The Morgan fingerprint density at radius 3 is 2.59 bits per heavy atom. The number of benzene rings is 2. The van der Waals surface area contributed by atoms with Gasteiger partial charge in [0.25, 0.3) is 0 Å². The Balaban J connectivity index is 1.14. The molecule has 180 valence electrons. The van der Waals surface area contributed by atoms with Crippen molar-refractivity contribution in [3.8, 4) is 11.5 Å². The highest BCUT2D eigenvalue weighted by Gasteiger charge is 2.17. The fraction of sp³-hybridized carbons (Fsp3) is 0.429. The summed E-state index contributed by atoms with van der Waals surface area (Å²) in [6.45, 7) is 11.8. The van der Waals surface area contributed by atoms with E-state index in [0.29, 0.717) is 18.9 Å². The maximum atomic E-state index is 12.3. The first-order chi connectivity index (χ1) is 16.5. The maximum absolute atomic E-state index is 12.3. The molecule has 1 aliphatic rings. The number of nitrogens with zero attached hydrogens (tertiary/aromatic N) is 3. The van der Waals surface area contributed by atoms with Crippen LogP contribution in [0, 0.1) is 20.8 Å². The lowest BCUT2D eigenvalue weighted by molar-refractivity contribution is -0.121. The molecule has 1 amide bonds. The summed E-state index contributed by atoms with van der Waals surface area (Å²) in [5.41, 5.74) is 5.72. The SMILES string of the molecule is Cc1cccc(N2CCN(CCNC(=O)CCCc3nc(-c4ccccc4C)oc3C)CC2)c1. The number of nitrogens with one attached hydrogen (secondary N) is 1. The van der Waals surface area contributed by atoms with Gasteiger partial charge in [-0.2, -0.15) is 0 Å². The number of hydrogen-bond donors (Lipinski definition) is 1. The number of oxazole rings is 1. The lowest BCUT2D eigenvalue weighted by atomic mass is 10.1. The Labute approximate surface area is 203 Å². The third-order valence-electron chi connectivity index (χ3n) is 6.57. The number of aryl methyl sites for hydroxylation is 4. The van der Waals surface area contributed by atoms with Gasteiger partial charge in [-0.05, 0) is 62.9 Å². The summed E-state index contributed by atoms with van der Waals surface area (Å²) in [5, 5.41) is 3.08. The van der Waals surface area contributed by atoms with Crippen LogP contribution in [-0.2, 0) is 11.2 Å². The quantitative estimate of drug-likeness (QED) is 0.508. The Morgan fingerprint density at radius 2 is 1.82 bits per heavy atom. The molecule has 0 saturated carbocycles. The second-order valence-corrected chi connectivity index (χ2v) is 9.21. The average molecular weight is 461 g/mol. The molecule has 0 unspecified atom stereocenters. The van der Waals surface area contributed by atoms with Crippen LogP contribution < -0.4 is 10.2 Å². The third-order valence-corrected chi connectivity index (χ3v) is 6.57. The number of rotatable bonds is 9. The molecule has 0 bridgehead atoms. The van der Waals surface area contributed by atoms with Gasteiger partial charge in [0.1, 0.15) is 5.76 Å². The van der Waals surface area contributed by atoms with Crippen molar-refractivity contribution in [3.05, 3.63) is 71.1 Å². The van der Waals surface area contributed by atoms with Gasteiger partial charge in [-0.1, -0.05) is 30.3 Å². The number of aromatic nitrogens is 1. The van der Waals surface area contributed by atoms with Gasteiger partial charge in [0.15, 0.2) is 0 Å². The van der Waals surface area contributed by atoms with E-state index in [9.17, 15) is 4.79 Å². The minimum atomic E-state index is 0.110. The third kappa shape index (κ3) is 6.26. The fourth-order valence-corrected chi connectivity index (χ4v) is 4.50. The van der Waals surface area contributed by atoms with E-state index in [4.69, 9.17) is 4.42 Å². The molecule has 34 heavy (non-hydrogen) atoms. The molecule has 2 aromatic carbocycles. The molecule has 0 radical (unpaired) electrons. The highest BCUT2D eigenvalue weighted by molar-refractivity contribution is 5.75. The summed E-state index contributed by atoms with van der Waals surface area (Å²) >= 11 is 0. The second kappa shape index (κ2) is 11.3. The summed E-state index contributed by atoms with van der Waals surface area (Å²) in [6, 6.07) is 16.8. The zero-order valence-corrected chi connectivity index (χ0v) is 20.6. The summed E-state index contributed by atoms with van der Waals surface area (Å²) in [5.74, 6) is 1.61. The zero-order chi connectivity index (χ0) is 23.9. The number of piperazine rings is 1. The molecule has 0 atom stereocenters. The van der Waals surface area contributed by atoms with Crippen molar-refractivity contribution >= 4 is 11.6 Å². The summed E-state index contributed by atoms with van der Waals surface area (Å²) < 4.78 is 5.89. The van der Waals surface area contributed by atoms with Gasteiger partial charge in [0.05, 0.1) is 5.69 Å². The van der Waals surface area contributed by atoms with Crippen LogP contribution >= 0.6 is 0 Å². The van der Waals surface area contributed by atoms with Gasteiger partial charge in [0, 0.05) is 56.9 Å². The van der Waals surface area contributed by atoms with Gasteiger partial charge >= 0.3 is 0 Å². The molecule has 1 fully saturated rings. The van der Waals surface area contributed by atoms with E-state index in [-0.39, 0.29) is 5.91 Å². The Bertz CT molecular complexity index is 1100. The smallest absolute Gasteiger partial charge is 0.226 e. The fourth-order valence-electron chi connectivity index (χ4n) is 4.50. The van der Waals surface area contributed by atoms with Crippen LogP contribution in [0.3, 0.4) is 0 Å². The molecule has 1 saturated heterocycles. The lowest BCUT2D eigenvalue weighted by Crippen LogP contribution is -2.48. The van der Waals surface area contributed by atoms with E-state index in [1.165, 1.54) is 11.3 Å². The van der Waals surface area contributed by atoms with E-state index in [2.05, 4.69) is 64.3 Å². The predicted molar refractivity (Wildman–Crippen MR) is 137 cm³/mol. The summed E-state index contributed by atoms with van der Waals surface area (Å²) in [6.07, 6.45) is 2.02. The molecule has 0 spiro atoms. The molecule has 1 aliphatic heterocycles. The highest BCUT2D eigenvalue weighted by Crippen LogP contribution is 2.25. The lowest BCUT2D eigenvalue weighted by Gasteiger charge is -2.36. The number of carbonyl (C=O) groups is 1.